The average Bonchev–Trinajstić information content (AvgIpc) is 4.31. The Hall–Kier alpha value is -5.46. The predicted octanol–water partition coefficient (Wildman–Crippen LogP) is -4.72. The topological polar surface area (TPSA) is 463 Å². The third-order valence-electron chi connectivity index (χ3n) is 15.3. The van der Waals surface area contributed by atoms with E-state index < -0.39 is 116 Å². The molecular formula is C49H68N16O13. The van der Waals surface area contributed by atoms with E-state index in [4.69, 9.17) is 83.4 Å². The van der Waals surface area contributed by atoms with Crippen LogP contribution in [0.4, 0.5) is 5.69 Å². The number of nitrogens with zero attached hydrogens (tertiary/aromatic N) is 7. The summed E-state index contributed by atoms with van der Waals surface area (Å²) < 4.78 is 44.2. The molecule has 6 aromatic rings. The molecule has 78 heavy (non-hydrogen) atoms. The van der Waals surface area contributed by atoms with Crippen LogP contribution >= 0.6 is 0 Å². The maximum atomic E-state index is 12.0. The van der Waals surface area contributed by atoms with Crippen molar-refractivity contribution >= 4 is 27.8 Å². The number of anilines is 1. The number of imidazole rings is 2. The lowest BCUT2D eigenvalue weighted by Crippen LogP contribution is -2.68. The van der Waals surface area contributed by atoms with Gasteiger partial charge in [-0.1, -0.05) is 10.3 Å². The van der Waals surface area contributed by atoms with Crippen LogP contribution in [0.25, 0.3) is 44.8 Å². The summed E-state index contributed by atoms with van der Waals surface area (Å²) in [5.74, 6) is 7.89. The summed E-state index contributed by atoms with van der Waals surface area (Å²) in [7, 11) is 0. The number of nitrogens with two attached hydrogens (primary N) is 7. The number of rotatable bonds is 15. The Kier molecular flexibility index (Phi) is 15.8. The molecule has 19 atom stereocenters. The molecule has 5 fully saturated rings. The molecule has 0 bridgehead atoms. The number of ether oxygens (including phenoxy) is 7. The number of hydrazine groups is 1. The van der Waals surface area contributed by atoms with Crippen molar-refractivity contribution < 1.29 is 63.8 Å². The van der Waals surface area contributed by atoms with Crippen molar-refractivity contribution in [2.45, 2.75) is 129 Å². The molecule has 4 saturated heterocycles. The van der Waals surface area contributed by atoms with E-state index >= 15 is 0 Å². The van der Waals surface area contributed by atoms with E-state index in [1.165, 1.54) is 10.9 Å². The Morgan fingerprint density at radius 3 is 1.79 bits per heavy atom. The maximum Gasteiger partial charge on any atom is 0.258 e. The van der Waals surface area contributed by atoms with Crippen molar-refractivity contribution in [2.75, 3.05) is 44.2 Å². The normalized spacial score (nSPS) is 36.0. The van der Waals surface area contributed by atoms with Gasteiger partial charge in [0.2, 0.25) is 0 Å². The zero-order valence-electron chi connectivity index (χ0n) is 42.2. The molecule has 422 valence electrons. The minimum atomic E-state index is -1.67. The van der Waals surface area contributed by atoms with Crippen molar-refractivity contribution in [2.24, 2.45) is 40.2 Å². The highest BCUT2D eigenvalue weighted by atomic mass is 16.8. The summed E-state index contributed by atoms with van der Waals surface area (Å²) >= 11 is 0. The number of hydrogen-bond acceptors (Lipinski definition) is 26. The zero-order valence-corrected chi connectivity index (χ0v) is 42.2. The number of piperazine rings is 1. The molecule has 4 aliphatic heterocycles. The van der Waals surface area contributed by atoms with Crippen LogP contribution in [0.5, 0.6) is 11.6 Å². The number of aliphatic hydroxyl groups excluding tert-OH is 6. The Morgan fingerprint density at radius 1 is 0.590 bits per heavy atom. The molecule has 22 N–H and O–H groups in total. The fourth-order valence-corrected chi connectivity index (χ4v) is 10.8. The van der Waals surface area contributed by atoms with Crippen LogP contribution < -0.4 is 49.9 Å². The largest absolute Gasteiger partial charge is 0.436 e. The highest BCUT2D eigenvalue weighted by Crippen LogP contribution is 2.36. The van der Waals surface area contributed by atoms with E-state index in [-0.39, 0.29) is 31.9 Å². The minimum absolute atomic E-state index is 0.0561. The molecule has 1 saturated carbocycles. The molecule has 0 amide bonds. The lowest BCUT2D eigenvalue weighted by atomic mass is 9.84. The van der Waals surface area contributed by atoms with Gasteiger partial charge in [-0.15, -0.1) is 0 Å². The van der Waals surface area contributed by atoms with E-state index in [0.717, 1.165) is 70.9 Å². The molecule has 7 heterocycles. The lowest BCUT2D eigenvalue weighted by Gasteiger charge is -2.47. The lowest BCUT2D eigenvalue weighted by molar-refractivity contribution is -0.306. The van der Waals surface area contributed by atoms with Crippen LogP contribution in [0.15, 0.2) is 66.9 Å². The van der Waals surface area contributed by atoms with Gasteiger partial charge in [0, 0.05) is 68.2 Å². The molecule has 0 radical (unpaired) electrons. The fourth-order valence-electron chi connectivity index (χ4n) is 10.8. The third-order valence-corrected chi connectivity index (χ3v) is 15.3. The molecule has 29 heteroatoms. The van der Waals surface area contributed by atoms with Gasteiger partial charge in [-0.2, -0.15) is 0 Å². The number of hydrogen-bond donors (Lipinski definition) is 15. The van der Waals surface area contributed by atoms with Gasteiger partial charge in [0.15, 0.2) is 18.9 Å². The first-order valence-electron chi connectivity index (χ1n) is 25.9. The van der Waals surface area contributed by atoms with Crippen LogP contribution in [-0.4, -0.2) is 226 Å². The second-order valence-corrected chi connectivity index (χ2v) is 20.6. The van der Waals surface area contributed by atoms with Crippen LogP contribution in [0.2, 0.25) is 0 Å². The van der Waals surface area contributed by atoms with Crippen molar-refractivity contribution in [3.05, 3.63) is 66.9 Å². The summed E-state index contributed by atoms with van der Waals surface area (Å²) in [6, 6.07) is 15.0. The van der Waals surface area contributed by atoms with Gasteiger partial charge in [-0.05, 0) is 67.1 Å². The molecule has 29 nitrogen and oxygen atoms in total. The number of nitrogens with one attached hydrogen (secondary N) is 2. The quantitative estimate of drug-likeness (QED) is 0.0430. The molecule has 3 aromatic carbocycles. The number of fused-ring (bicyclic) bond motifs is 2. The molecule has 11 rings (SSSR count). The van der Waals surface area contributed by atoms with Gasteiger partial charge in [0.1, 0.15) is 84.5 Å². The molecule has 0 spiro atoms. The van der Waals surface area contributed by atoms with Gasteiger partial charge in [0.05, 0.1) is 53.0 Å². The summed E-state index contributed by atoms with van der Waals surface area (Å²) in [5.41, 5.74) is 43.2. The second-order valence-electron chi connectivity index (χ2n) is 20.6. The summed E-state index contributed by atoms with van der Waals surface area (Å²) in [4.78, 5) is 18.9. The van der Waals surface area contributed by atoms with E-state index in [1.54, 1.807) is 12.1 Å². The Bertz CT molecular complexity index is 2980. The van der Waals surface area contributed by atoms with E-state index in [0.29, 0.717) is 11.6 Å². The minimum Gasteiger partial charge on any atom is -0.436 e. The van der Waals surface area contributed by atoms with Gasteiger partial charge in [-0.25, -0.2) is 19.7 Å². The SMILES string of the molecule is NC[C@H]1O[C@@H](O[C@H]2[C@@H](O)[C@H](O[C@@H]3[C@@H](O)[C@H](N)C[C@H](N)[C@H]3O[C@H]3O[C@H](CN)[C@@H](O)[C@H](O)[C@H]3N)O[C@@H]2Cn2cc(Oc3ccc(-c4nc5ccc(-c6nc7ccc(N8CCN(N)CC8)cc7[nH]6)cc5[nH]4)cc3)nn2)[C@@H](N)[C@H](O)[C@H]1O. The van der Waals surface area contributed by atoms with E-state index in [9.17, 15) is 30.6 Å². The maximum absolute atomic E-state index is 12.0. The number of aliphatic hydroxyl groups is 6. The van der Waals surface area contributed by atoms with Crippen LogP contribution in [0.3, 0.4) is 0 Å². The first-order valence-corrected chi connectivity index (χ1v) is 25.9. The standard InChI is InChI=1S/C49H68N16O13/c50-16-30-37(67)39(69)34(54)47(73-30)76-42-25(53)15-24(52)36(66)44(42)78-49-41(71)43(77-48-35(55)40(70)38(68)31(17-51)74-48)32(75-49)18-65-19-33(61-62-65)72-23-5-1-20(2-6-23)45-57-26-7-3-21(13-28(26)59-45)46-58-27-8-4-22(14-29(27)60-46)63-9-11-64(56)12-10-63/h1-8,13-14,19,24-25,30-32,34-44,47-49,66-71H,9-12,15-18,50-56H2,(H,57,59)(H,58,60)/t24-,25+,30-,31-,32-,34-,35+,36+,37-,38+,39-,40+,41-,42-,43-,44-,47-,48+,49+/m1/s1. The van der Waals surface area contributed by atoms with Gasteiger partial charge in [-0.3, -0.25) is 5.84 Å². The summed E-state index contributed by atoms with van der Waals surface area (Å²) in [5, 5.41) is 76.2. The molecule has 0 unspecified atom stereocenters. The number of aromatic nitrogens is 7. The van der Waals surface area contributed by atoms with Crippen LogP contribution in [0.1, 0.15) is 6.42 Å². The number of H-pyrrole nitrogens is 2. The fraction of sp³-hybridized carbons (Fsp3) is 0.551. The first-order chi connectivity index (χ1) is 37.5. The highest BCUT2D eigenvalue weighted by Gasteiger charge is 2.54. The second kappa shape index (κ2) is 22.6. The summed E-state index contributed by atoms with van der Waals surface area (Å²) in [6.07, 6.45) is -19.0. The van der Waals surface area contributed by atoms with Crippen molar-refractivity contribution in [1.82, 2.24) is 39.9 Å². The molecule has 3 aromatic heterocycles. The molecular weight excluding hydrogens is 1020 g/mol. The first kappa shape index (κ1) is 54.5. The van der Waals surface area contributed by atoms with E-state index in [2.05, 4.69) is 37.3 Å². The zero-order chi connectivity index (χ0) is 54.7. The smallest absolute Gasteiger partial charge is 0.258 e. The van der Waals surface area contributed by atoms with Gasteiger partial charge >= 0.3 is 0 Å². The van der Waals surface area contributed by atoms with Crippen LogP contribution in [-0.2, 0) is 35.0 Å². The molecule has 5 aliphatic rings. The highest BCUT2D eigenvalue weighted by molar-refractivity contribution is 5.87. The predicted molar refractivity (Wildman–Crippen MR) is 276 cm³/mol. The third kappa shape index (κ3) is 10.8. The van der Waals surface area contributed by atoms with Crippen molar-refractivity contribution in [3.8, 4) is 34.4 Å². The van der Waals surface area contributed by atoms with Crippen molar-refractivity contribution in [1.29, 1.82) is 0 Å². The average molecular weight is 1090 g/mol. The Labute approximate surface area is 445 Å². The Morgan fingerprint density at radius 2 is 1.15 bits per heavy atom. The summed E-state index contributed by atoms with van der Waals surface area (Å²) in [6.45, 7) is 2.78. The van der Waals surface area contributed by atoms with Crippen molar-refractivity contribution in [3.63, 3.8) is 0 Å². The number of aromatic amines is 2. The number of benzene rings is 3. The van der Waals surface area contributed by atoms with Crippen LogP contribution in [0, 0.1) is 0 Å². The monoisotopic (exact) mass is 1090 g/mol. The van der Waals surface area contributed by atoms with E-state index in [1.807, 2.05) is 41.4 Å². The molecule has 1 aliphatic carbocycles. The van der Waals surface area contributed by atoms with Gasteiger partial charge in [0.25, 0.3) is 5.88 Å². The Balaban J connectivity index is 0.776. The van der Waals surface area contributed by atoms with Gasteiger partial charge < -0.3 is 113 Å².